The lowest BCUT2D eigenvalue weighted by molar-refractivity contribution is 0.295. The molecule has 5 rings (SSSR count). The van der Waals surface area contributed by atoms with Gasteiger partial charge in [0, 0.05) is 59.7 Å². The van der Waals surface area contributed by atoms with E-state index in [2.05, 4.69) is 9.88 Å². The highest BCUT2D eigenvalue weighted by Gasteiger charge is 2.18. The van der Waals surface area contributed by atoms with E-state index in [-0.39, 0.29) is 18.0 Å². The molecule has 0 unspecified atom stereocenters. The first-order chi connectivity index (χ1) is 14.1. The standard InChI is InChI=1S/C23H22N2O3S.ClH/c1-14-3-4-17-19(11-22(26)27-20(17)9-14)21-10-18-16(12-24-15(2)23(18)28-21)13-25-5-7-29-8-6-25;/h3-4,9-12H,5-8,13H2,1-2H3;1H. The van der Waals surface area contributed by atoms with Gasteiger partial charge < -0.3 is 8.83 Å². The van der Waals surface area contributed by atoms with Crippen molar-refractivity contribution >= 4 is 46.1 Å². The van der Waals surface area contributed by atoms with E-state index in [9.17, 15) is 4.79 Å². The average molecular weight is 443 g/mol. The molecule has 4 heterocycles. The molecule has 0 spiro atoms. The Labute approximate surface area is 184 Å². The van der Waals surface area contributed by atoms with E-state index >= 15 is 0 Å². The number of benzene rings is 1. The van der Waals surface area contributed by atoms with E-state index in [1.165, 1.54) is 17.6 Å². The van der Waals surface area contributed by atoms with Gasteiger partial charge in [0.1, 0.15) is 11.3 Å². The molecular formula is C23H23ClN2O3S. The van der Waals surface area contributed by atoms with Crippen molar-refractivity contribution in [2.75, 3.05) is 24.6 Å². The fourth-order valence-electron chi connectivity index (χ4n) is 3.93. The van der Waals surface area contributed by atoms with Crippen LogP contribution in [0.2, 0.25) is 0 Å². The predicted octanol–water partition coefficient (Wildman–Crippen LogP) is 5.19. The van der Waals surface area contributed by atoms with Gasteiger partial charge >= 0.3 is 5.63 Å². The van der Waals surface area contributed by atoms with Crippen LogP contribution in [0.4, 0.5) is 0 Å². The third kappa shape index (κ3) is 3.87. The largest absolute Gasteiger partial charge is 0.454 e. The van der Waals surface area contributed by atoms with E-state index in [1.807, 2.05) is 56.1 Å². The molecule has 3 aromatic heterocycles. The van der Waals surface area contributed by atoms with Gasteiger partial charge in [-0.1, -0.05) is 12.1 Å². The van der Waals surface area contributed by atoms with E-state index in [1.54, 1.807) is 0 Å². The highest BCUT2D eigenvalue weighted by atomic mass is 35.5. The summed E-state index contributed by atoms with van der Waals surface area (Å²) >= 11 is 2.01. The van der Waals surface area contributed by atoms with E-state index in [4.69, 9.17) is 8.83 Å². The van der Waals surface area contributed by atoms with Crippen LogP contribution in [0.25, 0.3) is 33.3 Å². The van der Waals surface area contributed by atoms with Crippen molar-refractivity contribution in [2.45, 2.75) is 20.4 Å². The molecule has 0 bridgehead atoms. The molecule has 0 saturated carbocycles. The number of aryl methyl sites for hydroxylation is 2. The lowest BCUT2D eigenvalue weighted by Crippen LogP contribution is -2.32. The molecule has 0 amide bonds. The minimum absolute atomic E-state index is 0. The quantitative estimate of drug-likeness (QED) is 0.407. The zero-order valence-corrected chi connectivity index (χ0v) is 18.6. The number of furan rings is 1. The predicted molar refractivity (Wildman–Crippen MR) is 125 cm³/mol. The van der Waals surface area contributed by atoms with Gasteiger partial charge in [0.25, 0.3) is 0 Å². The summed E-state index contributed by atoms with van der Waals surface area (Å²) in [5.41, 5.74) is 4.81. The molecule has 1 aliphatic heterocycles. The van der Waals surface area contributed by atoms with Gasteiger partial charge in [-0.3, -0.25) is 9.88 Å². The maximum Gasteiger partial charge on any atom is 0.336 e. The third-order valence-corrected chi connectivity index (χ3v) is 6.43. The maximum absolute atomic E-state index is 12.2. The fourth-order valence-corrected chi connectivity index (χ4v) is 4.91. The summed E-state index contributed by atoms with van der Waals surface area (Å²) in [5.74, 6) is 3.02. The van der Waals surface area contributed by atoms with Gasteiger partial charge in [0.05, 0.1) is 5.69 Å². The topological polar surface area (TPSA) is 59.5 Å². The number of halogens is 1. The number of nitrogens with zero attached hydrogens (tertiary/aromatic N) is 2. The molecule has 0 atom stereocenters. The zero-order valence-electron chi connectivity index (χ0n) is 16.9. The van der Waals surface area contributed by atoms with E-state index < -0.39 is 0 Å². The first-order valence-electron chi connectivity index (χ1n) is 9.81. The summed E-state index contributed by atoms with van der Waals surface area (Å²) < 4.78 is 11.7. The van der Waals surface area contributed by atoms with Crippen molar-refractivity contribution < 1.29 is 8.83 Å². The smallest absolute Gasteiger partial charge is 0.336 e. The maximum atomic E-state index is 12.2. The van der Waals surface area contributed by atoms with Crippen LogP contribution in [0, 0.1) is 13.8 Å². The number of hydrogen-bond donors (Lipinski definition) is 0. The second-order valence-corrected chi connectivity index (χ2v) is 8.81. The van der Waals surface area contributed by atoms with Crippen LogP contribution in [0.15, 0.2) is 50.2 Å². The van der Waals surface area contributed by atoms with Crippen molar-refractivity contribution in [2.24, 2.45) is 0 Å². The second-order valence-electron chi connectivity index (χ2n) is 7.59. The van der Waals surface area contributed by atoms with Crippen LogP contribution in [0.3, 0.4) is 0 Å². The number of rotatable bonds is 3. The Hall–Kier alpha value is -2.28. The molecule has 5 nitrogen and oxygen atoms in total. The van der Waals surface area contributed by atoms with Gasteiger partial charge in [0.2, 0.25) is 0 Å². The Morgan fingerprint density at radius 2 is 1.87 bits per heavy atom. The molecule has 1 aromatic carbocycles. The highest BCUT2D eigenvalue weighted by Crippen LogP contribution is 2.35. The molecule has 1 fully saturated rings. The van der Waals surface area contributed by atoms with Gasteiger partial charge in [0.15, 0.2) is 5.58 Å². The van der Waals surface area contributed by atoms with Crippen molar-refractivity contribution in [1.82, 2.24) is 9.88 Å². The number of thioether (sulfide) groups is 1. The third-order valence-electron chi connectivity index (χ3n) is 5.48. The summed E-state index contributed by atoms with van der Waals surface area (Å²) in [6.07, 6.45) is 1.96. The number of aromatic nitrogens is 1. The van der Waals surface area contributed by atoms with Crippen molar-refractivity contribution in [3.63, 3.8) is 0 Å². The number of pyridine rings is 1. The van der Waals surface area contributed by atoms with E-state index in [0.29, 0.717) is 11.3 Å². The lowest BCUT2D eigenvalue weighted by Gasteiger charge is -2.26. The van der Waals surface area contributed by atoms with Crippen LogP contribution < -0.4 is 5.63 Å². The van der Waals surface area contributed by atoms with E-state index in [0.717, 1.165) is 58.4 Å². The first-order valence-corrected chi connectivity index (χ1v) is 11.0. The molecule has 7 heteroatoms. The van der Waals surface area contributed by atoms with Crippen LogP contribution in [0.5, 0.6) is 0 Å². The molecule has 30 heavy (non-hydrogen) atoms. The van der Waals surface area contributed by atoms with Gasteiger partial charge in [-0.2, -0.15) is 11.8 Å². The summed E-state index contributed by atoms with van der Waals surface area (Å²) in [6, 6.07) is 9.44. The lowest BCUT2D eigenvalue weighted by atomic mass is 10.1. The molecule has 0 N–H and O–H groups in total. The number of hydrogen-bond acceptors (Lipinski definition) is 6. The summed E-state index contributed by atoms with van der Waals surface area (Å²) in [5, 5.41) is 1.94. The SMILES string of the molecule is Cc1ccc2c(-c3cc4c(CN5CCSCC5)cnc(C)c4o3)cc(=O)oc2c1.Cl. The normalized spacial score (nSPS) is 14.9. The van der Waals surface area contributed by atoms with Gasteiger partial charge in [-0.15, -0.1) is 12.4 Å². The van der Waals surface area contributed by atoms with Crippen LogP contribution in [-0.2, 0) is 6.54 Å². The van der Waals surface area contributed by atoms with Gasteiger partial charge in [-0.25, -0.2) is 4.79 Å². The Morgan fingerprint density at radius 1 is 1.07 bits per heavy atom. The molecule has 4 aromatic rings. The Bertz CT molecular complexity index is 1270. The number of fused-ring (bicyclic) bond motifs is 2. The zero-order chi connectivity index (χ0) is 20.0. The second kappa shape index (κ2) is 8.46. The fraction of sp³-hybridized carbons (Fsp3) is 0.304. The molecule has 0 aliphatic carbocycles. The van der Waals surface area contributed by atoms with Crippen LogP contribution in [0.1, 0.15) is 16.8 Å². The molecule has 156 valence electrons. The average Bonchev–Trinajstić information content (AvgIpc) is 3.16. The first kappa shape index (κ1) is 21.0. The van der Waals surface area contributed by atoms with Crippen molar-refractivity contribution in [3.8, 4) is 11.3 Å². The van der Waals surface area contributed by atoms with Crippen molar-refractivity contribution in [3.05, 3.63) is 63.8 Å². The van der Waals surface area contributed by atoms with Crippen LogP contribution >= 0.6 is 24.2 Å². The minimum atomic E-state index is -0.376. The summed E-state index contributed by atoms with van der Waals surface area (Å²) in [6.45, 7) is 6.98. The molecular weight excluding hydrogens is 420 g/mol. The Balaban J connectivity index is 0.00000218. The highest BCUT2D eigenvalue weighted by molar-refractivity contribution is 7.99. The summed E-state index contributed by atoms with van der Waals surface area (Å²) in [7, 11) is 0. The monoisotopic (exact) mass is 442 g/mol. The Morgan fingerprint density at radius 3 is 2.67 bits per heavy atom. The van der Waals surface area contributed by atoms with Crippen LogP contribution in [-0.4, -0.2) is 34.5 Å². The Kier molecular flexibility index (Phi) is 5.91. The minimum Gasteiger partial charge on any atom is -0.454 e. The molecule has 0 radical (unpaired) electrons. The van der Waals surface area contributed by atoms with Gasteiger partial charge in [-0.05, 0) is 37.1 Å². The molecule has 1 aliphatic rings. The van der Waals surface area contributed by atoms with Crippen molar-refractivity contribution in [1.29, 1.82) is 0 Å². The molecule has 1 saturated heterocycles. The summed E-state index contributed by atoms with van der Waals surface area (Å²) in [4.78, 5) is 19.2.